The van der Waals surface area contributed by atoms with Crippen LogP contribution >= 0.6 is 11.6 Å². The van der Waals surface area contributed by atoms with Crippen molar-refractivity contribution < 1.29 is 14.3 Å². The van der Waals surface area contributed by atoms with E-state index in [2.05, 4.69) is 10.6 Å². The van der Waals surface area contributed by atoms with Crippen molar-refractivity contribution in [3.63, 3.8) is 0 Å². The fourth-order valence-corrected chi connectivity index (χ4v) is 2.34. The lowest BCUT2D eigenvalue weighted by Crippen LogP contribution is -2.15. The molecular weight excluding hydrogens is 366 g/mol. The van der Waals surface area contributed by atoms with E-state index in [9.17, 15) is 14.9 Å². The van der Waals surface area contributed by atoms with E-state index in [1.165, 1.54) is 18.3 Å². The van der Waals surface area contributed by atoms with Gasteiger partial charge in [-0.1, -0.05) is 17.7 Å². The molecule has 27 heavy (non-hydrogen) atoms. The van der Waals surface area contributed by atoms with Gasteiger partial charge >= 0.3 is 5.97 Å². The summed E-state index contributed by atoms with van der Waals surface area (Å²) in [7, 11) is 0. The summed E-state index contributed by atoms with van der Waals surface area (Å²) in [5.74, 6) is -1.01. The Morgan fingerprint density at radius 2 is 1.93 bits per heavy atom. The highest BCUT2D eigenvalue weighted by molar-refractivity contribution is 6.31. The first-order valence-electron chi connectivity index (χ1n) is 8.16. The predicted octanol–water partition coefficient (Wildman–Crippen LogP) is 4.28. The van der Waals surface area contributed by atoms with Crippen molar-refractivity contribution in [2.45, 2.75) is 13.8 Å². The van der Waals surface area contributed by atoms with Crippen molar-refractivity contribution in [2.24, 2.45) is 0 Å². The van der Waals surface area contributed by atoms with Crippen molar-refractivity contribution in [3.05, 3.63) is 70.4 Å². The maximum absolute atomic E-state index is 12.3. The molecule has 0 aliphatic rings. The summed E-state index contributed by atoms with van der Waals surface area (Å²) in [4.78, 5) is 23.9. The zero-order valence-electron chi connectivity index (χ0n) is 14.9. The molecule has 2 rings (SSSR count). The van der Waals surface area contributed by atoms with E-state index in [0.29, 0.717) is 22.0 Å². The minimum Gasteiger partial charge on any atom is -0.462 e. The van der Waals surface area contributed by atoms with Crippen LogP contribution in [0.5, 0.6) is 0 Å². The SMILES string of the molecule is CCOC(=O)c1ccc(NC(=O)/C(C#N)=C\Nc2cccc(Cl)c2C)cc1. The van der Waals surface area contributed by atoms with Crippen LogP contribution in [0.1, 0.15) is 22.8 Å². The Bertz CT molecular complexity index is 915. The number of amides is 1. The number of halogens is 1. The Balaban J connectivity index is 2.07. The number of ether oxygens (including phenoxy) is 1. The van der Waals surface area contributed by atoms with Gasteiger partial charge in [-0.25, -0.2) is 4.79 Å². The molecule has 0 aliphatic heterocycles. The highest BCUT2D eigenvalue weighted by atomic mass is 35.5. The van der Waals surface area contributed by atoms with E-state index in [1.54, 1.807) is 37.3 Å². The second-order valence-electron chi connectivity index (χ2n) is 5.48. The number of rotatable bonds is 6. The van der Waals surface area contributed by atoms with E-state index in [4.69, 9.17) is 16.3 Å². The molecule has 0 aromatic heterocycles. The third kappa shape index (κ3) is 5.33. The topological polar surface area (TPSA) is 91.2 Å². The summed E-state index contributed by atoms with van der Waals surface area (Å²) in [6.07, 6.45) is 1.32. The van der Waals surface area contributed by atoms with Crippen molar-refractivity contribution in [2.75, 3.05) is 17.2 Å². The first-order chi connectivity index (χ1) is 13.0. The molecule has 0 heterocycles. The van der Waals surface area contributed by atoms with Crippen LogP contribution in [0.3, 0.4) is 0 Å². The van der Waals surface area contributed by atoms with Gasteiger partial charge in [-0.2, -0.15) is 5.26 Å². The number of benzene rings is 2. The quantitative estimate of drug-likeness (QED) is 0.441. The number of hydrogen-bond acceptors (Lipinski definition) is 5. The Kier molecular flexibility index (Phi) is 6.98. The Labute approximate surface area is 162 Å². The van der Waals surface area contributed by atoms with E-state index in [1.807, 2.05) is 13.0 Å². The van der Waals surface area contributed by atoms with Gasteiger partial charge in [0.15, 0.2) is 0 Å². The summed E-state index contributed by atoms with van der Waals surface area (Å²) >= 11 is 6.05. The van der Waals surface area contributed by atoms with Gasteiger partial charge in [0, 0.05) is 22.6 Å². The standard InChI is InChI=1S/C20H18ClN3O3/c1-3-27-20(26)14-7-9-16(10-8-14)24-19(25)15(11-22)12-23-18-6-4-5-17(21)13(18)2/h4-10,12,23H,3H2,1-2H3,(H,24,25)/b15-12-. The van der Waals surface area contributed by atoms with Crippen LogP contribution in [0.4, 0.5) is 11.4 Å². The molecule has 2 aromatic rings. The molecule has 0 bridgehead atoms. The molecule has 1 amide bonds. The summed E-state index contributed by atoms with van der Waals surface area (Å²) in [6, 6.07) is 13.4. The highest BCUT2D eigenvalue weighted by Gasteiger charge is 2.11. The summed E-state index contributed by atoms with van der Waals surface area (Å²) in [5, 5.41) is 15.4. The molecular formula is C20H18ClN3O3. The normalized spacial score (nSPS) is 10.7. The number of nitrogens with zero attached hydrogens (tertiary/aromatic N) is 1. The van der Waals surface area contributed by atoms with Crippen LogP contribution in [-0.4, -0.2) is 18.5 Å². The Morgan fingerprint density at radius 1 is 1.22 bits per heavy atom. The van der Waals surface area contributed by atoms with Crippen molar-refractivity contribution in [1.29, 1.82) is 5.26 Å². The van der Waals surface area contributed by atoms with Crippen molar-refractivity contribution in [3.8, 4) is 6.07 Å². The van der Waals surface area contributed by atoms with Gasteiger partial charge in [0.05, 0.1) is 12.2 Å². The lowest BCUT2D eigenvalue weighted by Gasteiger charge is -2.08. The molecule has 0 aliphatic carbocycles. The summed E-state index contributed by atoms with van der Waals surface area (Å²) in [6.45, 7) is 3.84. The van der Waals surface area contributed by atoms with Crippen molar-refractivity contribution in [1.82, 2.24) is 0 Å². The third-order valence-corrected chi connectivity index (χ3v) is 4.07. The maximum atomic E-state index is 12.3. The maximum Gasteiger partial charge on any atom is 0.338 e. The van der Waals surface area contributed by atoms with E-state index in [0.717, 1.165) is 5.56 Å². The van der Waals surface area contributed by atoms with Gasteiger partial charge in [0.2, 0.25) is 0 Å². The average Bonchev–Trinajstić information content (AvgIpc) is 2.66. The largest absolute Gasteiger partial charge is 0.462 e. The number of carbonyl (C=O) groups is 2. The zero-order chi connectivity index (χ0) is 19.8. The van der Waals surface area contributed by atoms with Crippen molar-refractivity contribution >= 4 is 34.9 Å². The number of nitrogens with one attached hydrogen (secondary N) is 2. The third-order valence-electron chi connectivity index (χ3n) is 3.66. The first-order valence-corrected chi connectivity index (χ1v) is 8.54. The minimum atomic E-state index is -0.575. The van der Waals surface area contributed by atoms with Gasteiger partial charge in [0.1, 0.15) is 11.6 Å². The average molecular weight is 384 g/mol. The second kappa shape index (κ2) is 9.41. The second-order valence-corrected chi connectivity index (χ2v) is 5.89. The zero-order valence-corrected chi connectivity index (χ0v) is 15.6. The number of carbonyl (C=O) groups excluding carboxylic acids is 2. The Morgan fingerprint density at radius 3 is 2.56 bits per heavy atom. The molecule has 0 spiro atoms. The molecule has 2 aromatic carbocycles. The van der Waals surface area contributed by atoms with Crippen LogP contribution in [0.15, 0.2) is 54.2 Å². The molecule has 0 atom stereocenters. The lowest BCUT2D eigenvalue weighted by molar-refractivity contribution is -0.112. The highest BCUT2D eigenvalue weighted by Crippen LogP contribution is 2.23. The first kappa shape index (κ1) is 20.0. The molecule has 0 unspecified atom stereocenters. The molecule has 0 fully saturated rings. The van der Waals surface area contributed by atoms with E-state index < -0.39 is 11.9 Å². The van der Waals surface area contributed by atoms with Gasteiger partial charge in [0.25, 0.3) is 5.91 Å². The van der Waals surface area contributed by atoms with Crippen LogP contribution in [0.25, 0.3) is 0 Å². The molecule has 0 saturated carbocycles. The minimum absolute atomic E-state index is 0.108. The number of nitriles is 1. The van der Waals surface area contributed by atoms with Gasteiger partial charge in [-0.15, -0.1) is 0 Å². The number of esters is 1. The fourth-order valence-electron chi connectivity index (χ4n) is 2.16. The summed E-state index contributed by atoms with van der Waals surface area (Å²) in [5.41, 5.74) is 2.23. The summed E-state index contributed by atoms with van der Waals surface area (Å²) < 4.78 is 4.90. The number of hydrogen-bond donors (Lipinski definition) is 2. The molecule has 138 valence electrons. The lowest BCUT2D eigenvalue weighted by atomic mass is 10.2. The monoisotopic (exact) mass is 383 g/mol. The van der Waals surface area contributed by atoms with Gasteiger partial charge in [-0.3, -0.25) is 4.79 Å². The predicted molar refractivity (Wildman–Crippen MR) is 105 cm³/mol. The molecule has 6 nitrogen and oxygen atoms in total. The van der Waals surface area contributed by atoms with Crippen LogP contribution in [0.2, 0.25) is 5.02 Å². The molecule has 7 heteroatoms. The molecule has 0 radical (unpaired) electrons. The van der Waals surface area contributed by atoms with Crippen LogP contribution in [-0.2, 0) is 9.53 Å². The van der Waals surface area contributed by atoms with Gasteiger partial charge < -0.3 is 15.4 Å². The number of anilines is 2. The smallest absolute Gasteiger partial charge is 0.338 e. The van der Waals surface area contributed by atoms with Crippen LogP contribution < -0.4 is 10.6 Å². The van der Waals surface area contributed by atoms with Gasteiger partial charge in [-0.05, 0) is 55.8 Å². The molecule has 2 N–H and O–H groups in total. The Hall–Kier alpha value is -3.30. The fraction of sp³-hybridized carbons (Fsp3) is 0.150. The van der Waals surface area contributed by atoms with E-state index >= 15 is 0 Å². The van der Waals surface area contributed by atoms with E-state index in [-0.39, 0.29) is 12.2 Å². The molecule has 0 saturated heterocycles. The van der Waals surface area contributed by atoms with Crippen LogP contribution in [0, 0.1) is 18.3 Å².